The monoisotopic (exact) mass is 261 g/mol. The average Bonchev–Trinajstić information content (AvgIpc) is 3.01. The van der Waals surface area contributed by atoms with Gasteiger partial charge in [-0.1, -0.05) is 6.42 Å². The van der Waals surface area contributed by atoms with Gasteiger partial charge in [0.2, 0.25) is 5.91 Å². The average molecular weight is 261 g/mol. The summed E-state index contributed by atoms with van der Waals surface area (Å²) in [5, 5.41) is 0. The molecule has 0 radical (unpaired) electrons. The summed E-state index contributed by atoms with van der Waals surface area (Å²) in [6, 6.07) is 0.153. The molecule has 2 heterocycles. The standard InChI is InChI=1S/C15H23N3O/c16-14-6-2-1-5-12-9-17(10-13(12)14)11-15(19)18-7-3-4-8-18/h9-10,14H,1-8,11,16H2. The van der Waals surface area contributed by atoms with E-state index in [-0.39, 0.29) is 11.9 Å². The Hall–Kier alpha value is -1.29. The van der Waals surface area contributed by atoms with Gasteiger partial charge < -0.3 is 15.2 Å². The van der Waals surface area contributed by atoms with E-state index in [1.54, 1.807) is 0 Å². The van der Waals surface area contributed by atoms with E-state index in [1.165, 1.54) is 24.0 Å². The number of fused-ring (bicyclic) bond motifs is 1. The van der Waals surface area contributed by atoms with E-state index in [0.29, 0.717) is 6.54 Å². The van der Waals surface area contributed by atoms with Gasteiger partial charge >= 0.3 is 0 Å². The Kier molecular flexibility index (Phi) is 3.60. The highest BCUT2D eigenvalue weighted by molar-refractivity contribution is 5.76. The van der Waals surface area contributed by atoms with Crippen molar-refractivity contribution in [2.75, 3.05) is 13.1 Å². The number of carbonyl (C=O) groups excluding carboxylic acids is 1. The summed E-state index contributed by atoms with van der Waals surface area (Å²) in [4.78, 5) is 14.1. The highest BCUT2D eigenvalue weighted by Gasteiger charge is 2.21. The van der Waals surface area contributed by atoms with Crippen LogP contribution in [0.1, 0.15) is 49.3 Å². The lowest BCUT2D eigenvalue weighted by Gasteiger charge is -2.15. The van der Waals surface area contributed by atoms with Gasteiger partial charge in [-0.3, -0.25) is 4.79 Å². The van der Waals surface area contributed by atoms with Crippen LogP contribution >= 0.6 is 0 Å². The lowest BCUT2D eigenvalue weighted by molar-refractivity contribution is -0.130. The minimum Gasteiger partial charge on any atom is -0.344 e. The zero-order valence-electron chi connectivity index (χ0n) is 11.5. The van der Waals surface area contributed by atoms with Crippen LogP contribution in [-0.4, -0.2) is 28.5 Å². The molecule has 1 aliphatic heterocycles. The van der Waals surface area contributed by atoms with Crippen LogP contribution in [0.4, 0.5) is 0 Å². The van der Waals surface area contributed by atoms with E-state index in [9.17, 15) is 4.79 Å². The van der Waals surface area contributed by atoms with Gasteiger partial charge in [0, 0.05) is 31.5 Å². The molecule has 1 atom stereocenters. The SMILES string of the molecule is NC1CCCCc2cn(CC(=O)N3CCCC3)cc21. The van der Waals surface area contributed by atoms with E-state index in [0.717, 1.165) is 38.8 Å². The maximum Gasteiger partial charge on any atom is 0.242 e. The molecule has 1 saturated heterocycles. The number of nitrogens with zero attached hydrogens (tertiary/aromatic N) is 2. The van der Waals surface area contributed by atoms with Crippen LogP contribution < -0.4 is 5.73 Å². The second-order valence-electron chi connectivity index (χ2n) is 5.85. The maximum atomic E-state index is 12.2. The number of aromatic nitrogens is 1. The molecule has 19 heavy (non-hydrogen) atoms. The van der Waals surface area contributed by atoms with Gasteiger partial charge in [-0.2, -0.15) is 0 Å². The van der Waals surface area contributed by atoms with Gasteiger partial charge in [0.05, 0.1) is 0 Å². The summed E-state index contributed by atoms with van der Waals surface area (Å²) in [5.41, 5.74) is 8.81. The van der Waals surface area contributed by atoms with Crippen molar-refractivity contribution in [3.05, 3.63) is 23.5 Å². The summed E-state index contributed by atoms with van der Waals surface area (Å²) >= 11 is 0. The number of nitrogens with two attached hydrogens (primary N) is 1. The predicted octanol–water partition coefficient (Wildman–Crippen LogP) is 1.84. The van der Waals surface area contributed by atoms with Crippen molar-refractivity contribution in [3.63, 3.8) is 0 Å². The van der Waals surface area contributed by atoms with Crippen molar-refractivity contribution in [3.8, 4) is 0 Å². The van der Waals surface area contributed by atoms with Gasteiger partial charge in [-0.05, 0) is 43.2 Å². The molecule has 1 amide bonds. The molecule has 3 rings (SSSR count). The van der Waals surface area contributed by atoms with Crippen LogP contribution in [-0.2, 0) is 17.8 Å². The van der Waals surface area contributed by atoms with Crippen LogP contribution in [0.5, 0.6) is 0 Å². The first-order valence-electron chi connectivity index (χ1n) is 7.46. The Morgan fingerprint density at radius 3 is 2.79 bits per heavy atom. The minimum atomic E-state index is 0.153. The third-order valence-electron chi connectivity index (χ3n) is 4.38. The topological polar surface area (TPSA) is 51.3 Å². The number of likely N-dealkylation sites (tertiary alicyclic amines) is 1. The Bertz CT molecular complexity index is 460. The molecule has 0 aromatic carbocycles. The van der Waals surface area contributed by atoms with E-state index >= 15 is 0 Å². The Morgan fingerprint density at radius 2 is 2.00 bits per heavy atom. The zero-order chi connectivity index (χ0) is 13.2. The Balaban J connectivity index is 1.72. The third kappa shape index (κ3) is 2.68. The van der Waals surface area contributed by atoms with Gasteiger partial charge in [-0.25, -0.2) is 0 Å². The van der Waals surface area contributed by atoms with Crippen LogP contribution in [0.15, 0.2) is 12.4 Å². The highest BCUT2D eigenvalue weighted by Crippen LogP contribution is 2.27. The number of aryl methyl sites for hydroxylation is 1. The molecule has 1 aromatic rings. The first kappa shape index (κ1) is 12.7. The predicted molar refractivity (Wildman–Crippen MR) is 74.7 cm³/mol. The highest BCUT2D eigenvalue weighted by atomic mass is 16.2. The van der Waals surface area contributed by atoms with Crippen LogP contribution in [0, 0.1) is 0 Å². The number of hydrogen-bond acceptors (Lipinski definition) is 2. The number of hydrogen-bond donors (Lipinski definition) is 1. The fourth-order valence-corrected chi connectivity index (χ4v) is 3.27. The summed E-state index contributed by atoms with van der Waals surface area (Å²) in [7, 11) is 0. The second kappa shape index (κ2) is 5.37. The molecule has 0 spiro atoms. The quantitative estimate of drug-likeness (QED) is 0.826. The molecule has 2 N–H and O–H groups in total. The Morgan fingerprint density at radius 1 is 1.21 bits per heavy atom. The van der Waals surface area contributed by atoms with Gasteiger partial charge in [0.1, 0.15) is 6.54 Å². The number of amides is 1. The molecular weight excluding hydrogens is 238 g/mol. The van der Waals surface area contributed by atoms with Gasteiger partial charge in [-0.15, -0.1) is 0 Å². The van der Waals surface area contributed by atoms with E-state index in [2.05, 4.69) is 12.4 Å². The molecule has 1 fully saturated rings. The van der Waals surface area contributed by atoms with Crippen LogP contribution in [0.25, 0.3) is 0 Å². The number of carbonyl (C=O) groups is 1. The number of rotatable bonds is 2. The fraction of sp³-hybridized carbons (Fsp3) is 0.667. The van der Waals surface area contributed by atoms with Crippen LogP contribution in [0.3, 0.4) is 0 Å². The molecular formula is C15H23N3O. The second-order valence-corrected chi connectivity index (χ2v) is 5.85. The molecule has 4 heteroatoms. The first-order valence-corrected chi connectivity index (χ1v) is 7.46. The minimum absolute atomic E-state index is 0.153. The molecule has 0 saturated carbocycles. The molecule has 4 nitrogen and oxygen atoms in total. The molecule has 0 bridgehead atoms. The van der Waals surface area contributed by atoms with Crippen molar-refractivity contribution in [1.29, 1.82) is 0 Å². The van der Waals surface area contributed by atoms with Crippen molar-refractivity contribution in [1.82, 2.24) is 9.47 Å². The van der Waals surface area contributed by atoms with Crippen molar-refractivity contribution in [2.24, 2.45) is 5.73 Å². The lowest BCUT2D eigenvalue weighted by Crippen LogP contribution is -2.30. The summed E-state index contributed by atoms with van der Waals surface area (Å²) in [6.07, 6.45) is 11.1. The van der Waals surface area contributed by atoms with Crippen molar-refractivity contribution < 1.29 is 4.79 Å². The lowest BCUT2D eigenvalue weighted by atomic mass is 10.1. The van der Waals surface area contributed by atoms with Gasteiger partial charge in [0.15, 0.2) is 0 Å². The smallest absolute Gasteiger partial charge is 0.242 e. The summed E-state index contributed by atoms with van der Waals surface area (Å²) < 4.78 is 2.04. The van der Waals surface area contributed by atoms with Crippen LogP contribution in [0.2, 0.25) is 0 Å². The van der Waals surface area contributed by atoms with E-state index < -0.39 is 0 Å². The molecule has 1 aliphatic carbocycles. The summed E-state index contributed by atoms with van der Waals surface area (Å²) in [5.74, 6) is 0.247. The molecule has 104 valence electrons. The van der Waals surface area contributed by atoms with Crippen molar-refractivity contribution >= 4 is 5.91 Å². The maximum absolute atomic E-state index is 12.2. The summed E-state index contributed by atoms with van der Waals surface area (Å²) in [6.45, 7) is 2.33. The normalized spacial score (nSPS) is 23.2. The molecule has 1 aromatic heterocycles. The van der Waals surface area contributed by atoms with E-state index in [1.807, 2.05) is 9.47 Å². The Labute approximate surface area is 114 Å². The third-order valence-corrected chi connectivity index (χ3v) is 4.38. The molecule has 1 unspecified atom stereocenters. The molecule has 2 aliphatic rings. The van der Waals surface area contributed by atoms with Crippen molar-refractivity contribution in [2.45, 2.75) is 51.1 Å². The van der Waals surface area contributed by atoms with E-state index in [4.69, 9.17) is 5.73 Å². The fourth-order valence-electron chi connectivity index (χ4n) is 3.27. The first-order chi connectivity index (χ1) is 9.24. The zero-order valence-corrected chi connectivity index (χ0v) is 11.5. The largest absolute Gasteiger partial charge is 0.344 e. The van der Waals surface area contributed by atoms with Gasteiger partial charge in [0.25, 0.3) is 0 Å².